The lowest BCUT2D eigenvalue weighted by molar-refractivity contribution is 0.415. The summed E-state index contributed by atoms with van der Waals surface area (Å²) in [6.07, 6.45) is 2.35. The van der Waals surface area contributed by atoms with E-state index in [4.69, 9.17) is 9.72 Å². The zero-order valence-corrected chi connectivity index (χ0v) is 12.7. The van der Waals surface area contributed by atoms with Crippen LogP contribution in [0, 0.1) is 0 Å². The second-order valence-corrected chi connectivity index (χ2v) is 6.29. The minimum atomic E-state index is 0.882. The van der Waals surface area contributed by atoms with Crippen LogP contribution in [0.3, 0.4) is 0 Å². The van der Waals surface area contributed by atoms with Crippen molar-refractivity contribution in [2.24, 2.45) is 0 Å². The molecule has 1 N–H and O–H groups in total. The molecular weight excluding hydrogens is 280 g/mol. The van der Waals surface area contributed by atoms with Crippen LogP contribution in [0.15, 0.2) is 36.4 Å². The van der Waals surface area contributed by atoms with Crippen LogP contribution >= 0.6 is 11.3 Å². The molecule has 0 unspecified atom stereocenters. The van der Waals surface area contributed by atoms with E-state index in [2.05, 4.69) is 29.6 Å². The molecule has 1 aromatic heterocycles. The van der Waals surface area contributed by atoms with E-state index in [-0.39, 0.29) is 0 Å². The number of thiazole rings is 1. The fourth-order valence-electron chi connectivity index (χ4n) is 2.76. The van der Waals surface area contributed by atoms with Crippen LogP contribution in [-0.4, -0.2) is 18.6 Å². The lowest BCUT2D eigenvalue weighted by Crippen LogP contribution is -2.11. The van der Waals surface area contributed by atoms with Gasteiger partial charge in [-0.15, -0.1) is 11.3 Å². The molecule has 4 rings (SSSR count). The summed E-state index contributed by atoms with van der Waals surface area (Å²) in [5.41, 5.74) is 4.91. The van der Waals surface area contributed by atoms with Crippen molar-refractivity contribution in [2.75, 3.05) is 19.0 Å². The summed E-state index contributed by atoms with van der Waals surface area (Å²) in [5, 5.41) is 4.52. The second-order valence-electron chi connectivity index (χ2n) is 5.25. The molecule has 0 atom stereocenters. The highest BCUT2D eigenvalue weighted by molar-refractivity contribution is 7.21. The van der Waals surface area contributed by atoms with Gasteiger partial charge in [-0.1, -0.05) is 0 Å². The maximum Gasteiger partial charge on any atom is 0.124 e. The van der Waals surface area contributed by atoms with Crippen molar-refractivity contribution >= 4 is 27.2 Å². The molecule has 0 fully saturated rings. The Labute approximate surface area is 127 Å². The summed E-state index contributed by atoms with van der Waals surface area (Å²) in [4.78, 5) is 4.75. The molecular formula is C17H16N2OS. The number of rotatable bonds is 2. The van der Waals surface area contributed by atoms with Gasteiger partial charge in [-0.3, -0.25) is 0 Å². The average Bonchev–Trinajstić information content (AvgIpc) is 2.97. The van der Waals surface area contributed by atoms with E-state index in [1.807, 2.05) is 12.1 Å². The van der Waals surface area contributed by atoms with E-state index >= 15 is 0 Å². The van der Waals surface area contributed by atoms with Gasteiger partial charge in [-0.25, -0.2) is 4.98 Å². The number of fused-ring (bicyclic) bond motifs is 2. The van der Waals surface area contributed by atoms with Crippen molar-refractivity contribution in [1.29, 1.82) is 0 Å². The molecule has 1 aliphatic rings. The van der Waals surface area contributed by atoms with Crippen molar-refractivity contribution in [2.45, 2.75) is 12.8 Å². The Morgan fingerprint density at radius 3 is 3.05 bits per heavy atom. The van der Waals surface area contributed by atoms with Crippen LogP contribution in [0.5, 0.6) is 5.75 Å². The Kier molecular flexibility index (Phi) is 3.04. The van der Waals surface area contributed by atoms with E-state index in [1.54, 1.807) is 18.4 Å². The van der Waals surface area contributed by atoms with Crippen molar-refractivity contribution in [1.82, 2.24) is 4.98 Å². The highest BCUT2D eigenvalue weighted by atomic mass is 32.1. The number of benzene rings is 2. The first kappa shape index (κ1) is 12.7. The number of aryl methyl sites for hydroxylation is 1. The number of nitrogens with one attached hydrogen (secondary N) is 1. The zero-order chi connectivity index (χ0) is 14.2. The van der Waals surface area contributed by atoms with Crippen LogP contribution in [0.4, 0.5) is 5.69 Å². The third-order valence-electron chi connectivity index (χ3n) is 3.89. The number of methoxy groups -OCH3 is 1. The first-order valence-corrected chi connectivity index (χ1v) is 7.97. The Hall–Kier alpha value is -2.07. The molecule has 0 amide bonds. The van der Waals surface area contributed by atoms with Gasteiger partial charge in [0, 0.05) is 17.8 Å². The largest absolute Gasteiger partial charge is 0.497 e. The highest BCUT2D eigenvalue weighted by Crippen LogP contribution is 2.34. The molecule has 2 heterocycles. The Balaban J connectivity index is 1.78. The molecule has 0 spiro atoms. The summed E-state index contributed by atoms with van der Waals surface area (Å²) >= 11 is 1.72. The summed E-state index contributed by atoms with van der Waals surface area (Å²) in [6, 6.07) is 12.6. The SMILES string of the molecule is COc1ccc2nc(-c3ccc4c(c3)CCCN4)sc2c1. The molecule has 21 heavy (non-hydrogen) atoms. The molecule has 106 valence electrons. The van der Waals surface area contributed by atoms with Crippen LogP contribution in [-0.2, 0) is 6.42 Å². The quantitative estimate of drug-likeness (QED) is 0.764. The van der Waals surface area contributed by atoms with Gasteiger partial charge >= 0.3 is 0 Å². The molecule has 0 bridgehead atoms. The van der Waals surface area contributed by atoms with Crippen molar-refractivity contribution < 1.29 is 4.74 Å². The molecule has 0 saturated heterocycles. The predicted octanol–water partition coefficient (Wildman–Crippen LogP) is 4.33. The predicted molar refractivity (Wildman–Crippen MR) is 88.4 cm³/mol. The Morgan fingerprint density at radius 2 is 2.14 bits per heavy atom. The van der Waals surface area contributed by atoms with E-state index < -0.39 is 0 Å². The first-order chi connectivity index (χ1) is 10.3. The van der Waals surface area contributed by atoms with Crippen molar-refractivity contribution in [3.63, 3.8) is 0 Å². The van der Waals surface area contributed by atoms with Crippen LogP contribution < -0.4 is 10.1 Å². The summed E-state index contributed by atoms with van der Waals surface area (Å²) < 4.78 is 6.45. The number of aromatic nitrogens is 1. The lowest BCUT2D eigenvalue weighted by Gasteiger charge is -2.18. The molecule has 3 aromatic rings. The lowest BCUT2D eigenvalue weighted by atomic mass is 10.0. The fraction of sp³-hybridized carbons (Fsp3) is 0.235. The number of ether oxygens (including phenoxy) is 1. The van der Waals surface area contributed by atoms with Gasteiger partial charge in [0.1, 0.15) is 10.8 Å². The van der Waals surface area contributed by atoms with Gasteiger partial charge in [0.25, 0.3) is 0 Å². The fourth-order valence-corrected chi connectivity index (χ4v) is 3.75. The van der Waals surface area contributed by atoms with Gasteiger partial charge in [0.2, 0.25) is 0 Å². The van der Waals surface area contributed by atoms with E-state index in [1.165, 1.54) is 27.9 Å². The molecule has 0 radical (unpaired) electrons. The van der Waals surface area contributed by atoms with Crippen LogP contribution in [0.1, 0.15) is 12.0 Å². The average molecular weight is 296 g/mol. The molecule has 3 nitrogen and oxygen atoms in total. The van der Waals surface area contributed by atoms with Gasteiger partial charge in [-0.05, 0) is 54.8 Å². The van der Waals surface area contributed by atoms with Crippen LogP contribution in [0.25, 0.3) is 20.8 Å². The minimum absolute atomic E-state index is 0.882. The summed E-state index contributed by atoms with van der Waals surface area (Å²) in [7, 11) is 1.69. The number of hydrogen-bond acceptors (Lipinski definition) is 4. The number of anilines is 1. The normalized spacial score (nSPS) is 13.8. The third-order valence-corrected chi connectivity index (χ3v) is 4.95. The zero-order valence-electron chi connectivity index (χ0n) is 11.8. The molecule has 1 aliphatic heterocycles. The van der Waals surface area contributed by atoms with Crippen molar-refractivity contribution in [3.8, 4) is 16.3 Å². The van der Waals surface area contributed by atoms with Crippen LogP contribution in [0.2, 0.25) is 0 Å². The maximum atomic E-state index is 5.28. The van der Waals surface area contributed by atoms with Gasteiger partial charge in [-0.2, -0.15) is 0 Å². The Morgan fingerprint density at radius 1 is 1.19 bits per heavy atom. The standard InChI is InChI=1S/C17H16N2OS/c1-20-13-5-7-15-16(10-13)21-17(19-15)12-4-6-14-11(9-12)3-2-8-18-14/h4-7,9-10,18H,2-3,8H2,1H3. The molecule has 0 saturated carbocycles. The minimum Gasteiger partial charge on any atom is -0.497 e. The summed E-state index contributed by atoms with van der Waals surface area (Å²) in [6.45, 7) is 1.08. The first-order valence-electron chi connectivity index (χ1n) is 7.15. The maximum absolute atomic E-state index is 5.28. The second kappa shape index (κ2) is 5.04. The number of nitrogens with zero attached hydrogens (tertiary/aromatic N) is 1. The van der Waals surface area contributed by atoms with Crippen molar-refractivity contribution in [3.05, 3.63) is 42.0 Å². The monoisotopic (exact) mass is 296 g/mol. The molecule has 0 aliphatic carbocycles. The van der Waals surface area contributed by atoms with Gasteiger partial charge in [0.05, 0.1) is 17.3 Å². The van der Waals surface area contributed by atoms with Gasteiger partial charge < -0.3 is 10.1 Å². The Bertz CT molecular complexity index is 810. The van der Waals surface area contributed by atoms with E-state index in [0.29, 0.717) is 0 Å². The smallest absolute Gasteiger partial charge is 0.124 e. The summed E-state index contributed by atoms with van der Waals surface area (Å²) in [5.74, 6) is 0.882. The number of hydrogen-bond donors (Lipinski definition) is 1. The van der Waals surface area contributed by atoms with E-state index in [9.17, 15) is 0 Å². The van der Waals surface area contributed by atoms with E-state index in [0.717, 1.165) is 29.2 Å². The third kappa shape index (κ3) is 2.25. The topological polar surface area (TPSA) is 34.1 Å². The molecule has 4 heteroatoms. The molecule has 2 aromatic carbocycles. The highest BCUT2D eigenvalue weighted by Gasteiger charge is 2.12. The van der Waals surface area contributed by atoms with Gasteiger partial charge in [0.15, 0.2) is 0 Å².